The molecule has 1 N–H and O–H groups in total. The lowest BCUT2D eigenvalue weighted by Gasteiger charge is -2.08. The van der Waals surface area contributed by atoms with Gasteiger partial charge in [0.1, 0.15) is 11.9 Å². The molecule has 0 aromatic heterocycles. The Morgan fingerprint density at radius 1 is 1.57 bits per heavy atom. The van der Waals surface area contributed by atoms with E-state index in [0.29, 0.717) is 0 Å². The number of carbonyl (C=O) groups is 1. The van der Waals surface area contributed by atoms with Gasteiger partial charge in [-0.25, -0.2) is 17.5 Å². The molecule has 0 aliphatic carbocycles. The summed E-state index contributed by atoms with van der Waals surface area (Å²) in [6, 6.07) is 4.66. The number of benzene rings is 1. The molecule has 0 fully saturated rings. The number of hydrogen-bond acceptors (Lipinski definition) is 5. The van der Waals surface area contributed by atoms with E-state index in [-0.39, 0.29) is 22.9 Å². The maximum atomic E-state index is 13.0. The predicted octanol–water partition coefficient (Wildman–Crippen LogP) is 1.60. The highest BCUT2D eigenvalue weighted by Crippen LogP contribution is 2.19. The van der Waals surface area contributed by atoms with E-state index in [2.05, 4.69) is 9.46 Å². The Labute approximate surface area is 126 Å². The summed E-state index contributed by atoms with van der Waals surface area (Å²) in [6.45, 7) is 1.18. The molecule has 1 atom stereocenters. The van der Waals surface area contributed by atoms with Crippen molar-refractivity contribution >= 4 is 27.6 Å². The zero-order chi connectivity index (χ0) is 16.0. The molecule has 0 saturated carbocycles. The third-order valence-corrected chi connectivity index (χ3v) is 4.06. The topological polar surface area (TPSA) is 96.3 Å². The Balaban J connectivity index is 2.60. The molecule has 0 bridgehead atoms. The quantitative estimate of drug-likeness (QED) is 0.797. The summed E-state index contributed by atoms with van der Waals surface area (Å²) in [4.78, 5) is 11.0. The van der Waals surface area contributed by atoms with Crippen molar-refractivity contribution in [1.29, 1.82) is 5.26 Å². The molecule has 21 heavy (non-hydrogen) atoms. The Hall–Kier alpha value is -1.69. The van der Waals surface area contributed by atoms with E-state index in [4.69, 9.17) is 16.9 Å². The first-order valence-electron chi connectivity index (χ1n) is 5.80. The van der Waals surface area contributed by atoms with Crippen LogP contribution < -0.4 is 4.72 Å². The van der Waals surface area contributed by atoms with Gasteiger partial charge in [-0.1, -0.05) is 11.6 Å². The molecule has 114 valence electrons. The lowest BCUT2D eigenvalue weighted by Crippen LogP contribution is -2.27. The monoisotopic (exact) mass is 334 g/mol. The number of carbonyl (C=O) groups excluding carboxylic acids is 1. The minimum absolute atomic E-state index is 0.214. The molecule has 9 heteroatoms. The van der Waals surface area contributed by atoms with Crippen LogP contribution in [0.3, 0.4) is 0 Å². The van der Waals surface area contributed by atoms with Gasteiger partial charge in [-0.3, -0.25) is 4.79 Å². The second-order valence-corrected chi connectivity index (χ2v) is 6.16. The molecule has 0 aliphatic rings. The van der Waals surface area contributed by atoms with E-state index in [9.17, 15) is 17.6 Å². The molecular weight excluding hydrogens is 323 g/mol. The highest BCUT2D eigenvalue weighted by Gasteiger charge is 2.16. The first-order chi connectivity index (χ1) is 9.76. The molecule has 0 radical (unpaired) electrons. The molecule has 0 spiro atoms. The second kappa shape index (κ2) is 7.36. The second-order valence-electron chi connectivity index (χ2n) is 3.98. The van der Waals surface area contributed by atoms with Crippen LogP contribution in [0, 0.1) is 17.1 Å². The first-order valence-corrected chi connectivity index (χ1v) is 7.66. The highest BCUT2D eigenvalue weighted by atomic mass is 35.5. The third-order valence-electron chi connectivity index (χ3n) is 2.31. The van der Waals surface area contributed by atoms with E-state index in [1.54, 1.807) is 6.07 Å². The standard InChI is InChI=1S/C12H12ClFN2O4S/c1-8(7-15)20-12(17)4-5-16-21(18,19)9-2-3-11(14)10(13)6-9/h2-3,6,8,16H,4-5H2,1H3/t8-/m0/s1. The van der Waals surface area contributed by atoms with Crippen molar-refractivity contribution < 1.29 is 22.3 Å². The number of nitriles is 1. The number of nitrogens with zero attached hydrogens (tertiary/aromatic N) is 1. The summed E-state index contributed by atoms with van der Waals surface area (Å²) < 4.78 is 43.5. The molecule has 1 rings (SSSR count). The third kappa shape index (κ3) is 5.30. The van der Waals surface area contributed by atoms with E-state index >= 15 is 0 Å². The van der Waals surface area contributed by atoms with Gasteiger partial charge in [0, 0.05) is 6.54 Å². The Kier molecular flexibility index (Phi) is 6.08. The predicted molar refractivity (Wildman–Crippen MR) is 72.4 cm³/mol. The van der Waals surface area contributed by atoms with Gasteiger partial charge in [0.15, 0.2) is 6.10 Å². The SMILES string of the molecule is C[C@@H](C#N)OC(=O)CCNS(=O)(=O)c1ccc(F)c(Cl)c1. The lowest BCUT2D eigenvalue weighted by atomic mass is 10.3. The maximum Gasteiger partial charge on any atom is 0.308 e. The number of nitrogens with one attached hydrogen (secondary N) is 1. The highest BCUT2D eigenvalue weighted by molar-refractivity contribution is 7.89. The number of ether oxygens (including phenoxy) is 1. The number of halogens is 2. The zero-order valence-electron chi connectivity index (χ0n) is 11.0. The summed E-state index contributed by atoms with van der Waals surface area (Å²) in [5.41, 5.74) is 0. The fourth-order valence-corrected chi connectivity index (χ4v) is 2.60. The molecule has 1 aromatic carbocycles. The Morgan fingerprint density at radius 2 is 2.24 bits per heavy atom. The summed E-state index contributed by atoms with van der Waals surface area (Å²) in [6.07, 6.45) is -1.13. The van der Waals surface area contributed by atoms with Crippen LogP contribution in [0.5, 0.6) is 0 Å². The van der Waals surface area contributed by atoms with Gasteiger partial charge >= 0.3 is 5.97 Å². The average Bonchev–Trinajstić information content (AvgIpc) is 2.41. The minimum atomic E-state index is -3.90. The summed E-state index contributed by atoms with van der Waals surface area (Å²) in [7, 11) is -3.90. The number of rotatable bonds is 6. The van der Waals surface area contributed by atoms with Crippen LogP contribution in [0.2, 0.25) is 5.02 Å². The fraction of sp³-hybridized carbons (Fsp3) is 0.333. The van der Waals surface area contributed by atoms with Crippen LogP contribution in [0.25, 0.3) is 0 Å². The molecule has 0 heterocycles. The molecule has 1 aromatic rings. The van der Waals surface area contributed by atoms with E-state index in [1.807, 2.05) is 0 Å². The minimum Gasteiger partial charge on any atom is -0.447 e. The molecule has 0 unspecified atom stereocenters. The van der Waals surface area contributed by atoms with Crippen molar-refractivity contribution in [2.45, 2.75) is 24.3 Å². The van der Waals surface area contributed by atoms with Crippen molar-refractivity contribution in [2.24, 2.45) is 0 Å². The van der Waals surface area contributed by atoms with Gasteiger partial charge in [0.25, 0.3) is 0 Å². The van der Waals surface area contributed by atoms with Crippen LogP contribution in [0.4, 0.5) is 4.39 Å². The normalized spacial score (nSPS) is 12.5. The largest absolute Gasteiger partial charge is 0.447 e. The molecule has 0 amide bonds. The van der Waals surface area contributed by atoms with Crippen molar-refractivity contribution in [2.75, 3.05) is 6.54 Å². The van der Waals surface area contributed by atoms with E-state index in [0.717, 1.165) is 18.2 Å². The van der Waals surface area contributed by atoms with Crippen LogP contribution >= 0.6 is 11.6 Å². The van der Waals surface area contributed by atoms with Crippen LogP contribution in [0.1, 0.15) is 13.3 Å². The van der Waals surface area contributed by atoms with Crippen LogP contribution in [0.15, 0.2) is 23.1 Å². The van der Waals surface area contributed by atoms with Gasteiger partial charge in [0.05, 0.1) is 16.3 Å². The molecule has 0 saturated heterocycles. The van der Waals surface area contributed by atoms with Crippen LogP contribution in [-0.4, -0.2) is 27.0 Å². The zero-order valence-corrected chi connectivity index (χ0v) is 12.5. The Bertz CT molecular complexity index is 672. The number of esters is 1. The van der Waals surface area contributed by atoms with Crippen LogP contribution in [-0.2, 0) is 19.6 Å². The number of hydrogen-bond donors (Lipinski definition) is 1. The molecular formula is C12H12ClFN2O4S. The first kappa shape index (κ1) is 17.4. The van der Waals surface area contributed by atoms with Crippen molar-refractivity contribution in [3.05, 3.63) is 29.0 Å². The Morgan fingerprint density at radius 3 is 2.81 bits per heavy atom. The van der Waals surface area contributed by atoms with Crippen molar-refractivity contribution in [3.8, 4) is 6.07 Å². The van der Waals surface area contributed by atoms with E-state index in [1.165, 1.54) is 6.92 Å². The molecule has 0 aliphatic heterocycles. The average molecular weight is 335 g/mol. The fourth-order valence-electron chi connectivity index (χ4n) is 1.30. The summed E-state index contributed by atoms with van der Waals surface area (Å²) in [5, 5.41) is 8.13. The van der Waals surface area contributed by atoms with Gasteiger partial charge in [-0.05, 0) is 25.1 Å². The summed E-state index contributed by atoms with van der Waals surface area (Å²) in [5.74, 6) is -1.44. The van der Waals surface area contributed by atoms with Gasteiger partial charge < -0.3 is 4.74 Å². The lowest BCUT2D eigenvalue weighted by molar-refractivity contribution is -0.145. The molecule has 6 nitrogen and oxygen atoms in total. The van der Waals surface area contributed by atoms with Gasteiger partial charge in [-0.15, -0.1) is 0 Å². The van der Waals surface area contributed by atoms with Gasteiger partial charge in [0.2, 0.25) is 10.0 Å². The smallest absolute Gasteiger partial charge is 0.308 e. The maximum absolute atomic E-state index is 13.0. The van der Waals surface area contributed by atoms with E-state index < -0.39 is 27.9 Å². The van der Waals surface area contributed by atoms with Gasteiger partial charge in [-0.2, -0.15) is 5.26 Å². The summed E-state index contributed by atoms with van der Waals surface area (Å²) >= 11 is 5.51. The number of sulfonamides is 1. The van der Waals surface area contributed by atoms with Crippen molar-refractivity contribution in [3.63, 3.8) is 0 Å². The van der Waals surface area contributed by atoms with Crippen molar-refractivity contribution in [1.82, 2.24) is 4.72 Å².